The lowest BCUT2D eigenvalue weighted by atomic mass is 9.92. The second-order valence-electron chi connectivity index (χ2n) is 3.42. The lowest BCUT2D eigenvalue weighted by molar-refractivity contribution is -0.214. The molecule has 0 aliphatic rings. The summed E-state index contributed by atoms with van der Waals surface area (Å²) in [7, 11) is 1.18. The topological polar surface area (TPSA) is 72.6 Å². The van der Waals surface area contributed by atoms with Crippen LogP contribution >= 0.6 is 0 Å². The zero-order valence-corrected chi connectivity index (χ0v) is 8.42. The first-order valence-electron chi connectivity index (χ1n) is 3.78. The van der Waals surface area contributed by atoms with Crippen molar-refractivity contribution in [1.29, 1.82) is 0 Å². The smallest absolute Gasteiger partial charge is 0.154 e. The minimum atomic E-state index is -0.659. The molecule has 0 bridgehead atoms. The zero-order chi connectivity index (χ0) is 10.4. The van der Waals surface area contributed by atoms with Crippen LogP contribution in [0.3, 0.4) is 0 Å². The zero-order valence-electron chi connectivity index (χ0n) is 8.42. The van der Waals surface area contributed by atoms with E-state index < -0.39 is 5.54 Å². The Morgan fingerprint density at radius 2 is 1.83 bits per heavy atom. The number of carbonyl (C=O) groups is 1. The molecule has 0 rings (SSSR count). The molecule has 4 heteroatoms. The molecule has 0 atom stereocenters. The molecule has 3 N–H and O–H groups in total. The molecule has 0 unspecified atom stereocenters. The van der Waals surface area contributed by atoms with E-state index in [1.54, 1.807) is 13.8 Å². The SMILES string of the molecule is CC(C)C(=O)C(C)(C)N.COO.[HH]. The van der Waals surface area contributed by atoms with Crippen LogP contribution in [-0.2, 0) is 9.68 Å². The van der Waals surface area contributed by atoms with Crippen molar-refractivity contribution in [2.75, 3.05) is 7.11 Å². The van der Waals surface area contributed by atoms with Gasteiger partial charge in [-0.15, -0.1) is 0 Å². The van der Waals surface area contributed by atoms with Gasteiger partial charge in [-0.1, -0.05) is 13.8 Å². The molecule has 0 radical (unpaired) electrons. The van der Waals surface area contributed by atoms with Crippen molar-refractivity contribution in [3.05, 3.63) is 0 Å². The lowest BCUT2D eigenvalue weighted by Gasteiger charge is -2.18. The van der Waals surface area contributed by atoms with Crippen LogP contribution in [0.25, 0.3) is 0 Å². The third-order valence-electron chi connectivity index (χ3n) is 1.16. The van der Waals surface area contributed by atoms with Crippen molar-refractivity contribution in [3.63, 3.8) is 0 Å². The second kappa shape index (κ2) is 6.11. The molecule has 0 spiro atoms. The molecule has 4 nitrogen and oxygen atoms in total. The minimum Gasteiger partial charge on any atom is -0.319 e. The van der Waals surface area contributed by atoms with Crippen LogP contribution in [0.1, 0.15) is 29.1 Å². The van der Waals surface area contributed by atoms with E-state index in [-0.39, 0.29) is 13.1 Å². The Bertz CT molecular complexity index is 132. The monoisotopic (exact) mass is 179 g/mol. The number of carbonyl (C=O) groups excluding carboxylic acids is 1. The van der Waals surface area contributed by atoms with Gasteiger partial charge in [0.1, 0.15) is 0 Å². The predicted octanol–water partition coefficient (Wildman–Crippen LogP) is 1.30. The number of hydrogen-bond acceptors (Lipinski definition) is 4. The molecule has 0 saturated heterocycles. The Labute approximate surface area is 75.1 Å². The maximum Gasteiger partial charge on any atom is 0.154 e. The first kappa shape index (κ1) is 14.1. The van der Waals surface area contributed by atoms with Gasteiger partial charge < -0.3 is 5.73 Å². The molecule has 0 aromatic heterocycles. The largest absolute Gasteiger partial charge is 0.319 e. The van der Waals surface area contributed by atoms with Crippen molar-refractivity contribution in [2.24, 2.45) is 11.7 Å². The van der Waals surface area contributed by atoms with Crippen molar-refractivity contribution in [1.82, 2.24) is 0 Å². The van der Waals surface area contributed by atoms with Crippen LogP contribution in [0.15, 0.2) is 0 Å². The quantitative estimate of drug-likeness (QED) is 0.495. The molecule has 0 heterocycles. The minimum absolute atomic E-state index is 0. The number of Topliss-reactive ketones (excluding diaryl/α,β-unsaturated/α-hetero) is 1. The highest BCUT2D eigenvalue weighted by Crippen LogP contribution is 2.06. The summed E-state index contributed by atoms with van der Waals surface area (Å²) in [6.45, 7) is 7.18. The number of nitrogens with two attached hydrogens (primary N) is 1. The average molecular weight is 179 g/mol. The molecular formula is C8H21NO3. The highest BCUT2D eigenvalue weighted by Gasteiger charge is 2.23. The molecular weight excluding hydrogens is 158 g/mol. The Hall–Kier alpha value is -0.450. The van der Waals surface area contributed by atoms with Gasteiger partial charge in [-0.3, -0.25) is 10.1 Å². The van der Waals surface area contributed by atoms with E-state index in [4.69, 9.17) is 11.0 Å². The lowest BCUT2D eigenvalue weighted by Crippen LogP contribution is -2.43. The van der Waals surface area contributed by atoms with Crippen molar-refractivity contribution < 1.29 is 16.4 Å². The first-order chi connectivity index (χ1) is 5.27. The van der Waals surface area contributed by atoms with E-state index in [1.165, 1.54) is 7.11 Å². The summed E-state index contributed by atoms with van der Waals surface area (Å²) in [5.74, 6) is 0.160. The van der Waals surface area contributed by atoms with Crippen LogP contribution in [-0.4, -0.2) is 23.7 Å². The van der Waals surface area contributed by atoms with E-state index in [0.717, 1.165) is 0 Å². The maximum absolute atomic E-state index is 11.0. The first-order valence-corrected chi connectivity index (χ1v) is 3.78. The van der Waals surface area contributed by atoms with Gasteiger partial charge in [0, 0.05) is 7.34 Å². The maximum atomic E-state index is 11.0. The molecule has 0 saturated carbocycles. The number of hydrogen-bond donors (Lipinski definition) is 2. The van der Waals surface area contributed by atoms with Crippen LogP contribution in [0.2, 0.25) is 0 Å². The Morgan fingerprint density at radius 3 is 1.83 bits per heavy atom. The van der Waals surface area contributed by atoms with Crippen LogP contribution in [0.5, 0.6) is 0 Å². The average Bonchev–Trinajstić information content (AvgIpc) is 1.85. The molecule has 0 aromatic carbocycles. The second-order valence-corrected chi connectivity index (χ2v) is 3.42. The van der Waals surface area contributed by atoms with Crippen molar-refractivity contribution in [2.45, 2.75) is 33.2 Å². The van der Waals surface area contributed by atoms with E-state index in [1.807, 2.05) is 13.8 Å². The van der Waals surface area contributed by atoms with Gasteiger partial charge >= 0.3 is 0 Å². The molecule has 0 fully saturated rings. The van der Waals surface area contributed by atoms with Gasteiger partial charge in [0.05, 0.1) is 12.6 Å². The highest BCUT2D eigenvalue weighted by atomic mass is 17.1. The Kier molecular flexibility index (Phi) is 7.18. The van der Waals surface area contributed by atoms with E-state index in [0.29, 0.717) is 0 Å². The molecule has 0 aliphatic carbocycles. The number of ketones is 1. The summed E-state index contributed by atoms with van der Waals surface area (Å²) < 4.78 is 0. The van der Waals surface area contributed by atoms with Gasteiger partial charge in [0.15, 0.2) is 5.78 Å². The van der Waals surface area contributed by atoms with Gasteiger partial charge in [-0.25, -0.2) is 4.89 Å². The fraction of sp³-hybridized carbons (Fsp3) is 0.875. The van der Waals surface area contributed by atoms with Crippen LogP contribution < -0.4 is 5.73 Å². The van der Waals surface area contributed by atoms with Gasteiger partial charge in [0.25, 0.3) is 0 Å². The van der Waals surface area contributed by atoms with E-state index in [9.17, 15) is 4.79 Å². The Morgan fingerprint density at radius 1 is 1.58 bits per heavy atom. The third-order valence-corrected chi connectivity index (χ3v) is 1.16. The molecule has 0 amide bonds. The fourth-order valence-electron chi connectivity index (χ4n) is 0.744. The van der Waals surface area contributed by atoms with Crippen molar-refractivity contribution in [3.8, 4) is 0 Å². The summed E-state index contributed by atoms with van der Waals surface area (Å²) in [5.41, 5.74) is 4.87. The number of rotatable bonds is 2. The third kappa shape index (κ3) is 7.65. The van der Waals surface area contributed by atoms with Gasteiger partial charge in [-0.2, -0.15) is 0 Å². The summed E-state index contributed by atoms with van der Waals surface area (Å²) in [6.07, 6.45) is 0. The summed E-state index contributed by atoms with van der Waals surface area (Å²) >= 11 is 0. The summed E-state index contributed by atoms with van der Waals surface area (Å²) in [4.78, 5) is 14.3. The summed E-state index contributed by atoms with van der Waals surface area (Å²) in [6, 6.07) is 0. The highest BCUT2D eigenvalue weighted by molar-refractivity contribution is 5.88. The molecule has 12 heavy (non-hydrogen) atoms. The Balaban J connectivity index is -0.000000220. The van der Waals surface area contributed by atoms with Crippen LogP contribution in [0, 0.1) is 5.92 Å². The molecule has 0 aliphatic heterocycles. The van der Waals surface area contributed by atoms with Gasteiger partial charge in [0.2, 0.25) is 0 Å². The van der Waals surface area contributed by atoms with E-state index in [2.05, 4.69) is 4.89 Å². The summed E-state index contributed by atoms with van der Waals surface area (Å²) in [5, 5.41) is 7.07. The van der Waals surface area contributed by atoms with E-state index >= 15 is 0 Å². The molecule has 76 valence electrons. The van der Waals surface area contributed by atoms with Crippen LogP contribution in [0.4, 0.5) is 0 Å². The molecule has 0 aromatic rings. The predicted molar refractivity (Wildman–Crippen MR) is 49.9 cm³/mol. The normalized spacial score (nSPS) is 10.7. The fourth-order valence-corrected chi connectivity index (χ4v) is 0.744. The van der Waals surface area contributed by atoms with Crippen molar-refractivity contribution >= 4 is 5.78 Å². The van der Waals surface area contributed by atoms with Gasteiger partial charge in [-0.05, 0) is 13.8 Å². The standard InChI is InChI=1S/C7H15NO.CH4O2.H2/c1-5(2)6(9)7(3,4)8;1-3-2;/h5H,8H2,1-4H3;2H,1H3;1H.